The Bertz CT molecular complexity index is 596. The summed E-state index contributed by atoms with van der Waals surface area (Å²) in [5, 5.41) is 6.38. The van der Waals surface area contributed by atoms with E-state index in [1.165, 1.54) is 11.1 Å². The maximum atomic E-state index is 11.4. The minimum Gasteiger partial charge on any atom is -0.353 e. The van der Waals surface area contributed by atoms with Crippen LogP contribution in [0.5, 0.6) is 0 Å². The van der Waals surface area contributed by atoms with E-state index in [2.05, 4.69) is 34.7 Å². The van der Waals surface area contributed by atoms with Crippen LogP contribution in [0.4, 0.5) is 0 Å². The van der Waals surface area contributed by atoms with Crippen LogP contribution in [-0.4, -0.2) is 39.0 Å². The van der Waals surface area contributed by atoms with Gasteiger partial charge in [-0.1, -0.05) is 29.8 Å². The van der Waals surface area contributed by atoms with Crippen LogP contribution in [0.3, 0.4) is 0 Å². The largest absolute Gasteiger partial charge is 0.353 e. The van der Waals surface area contributed by atoms with Crippen LogP contribution in [0.25, 0.3) is 0 Å². The third-order valence-corrected chi connectivity index (χ3v) is 5.11. The summed E-state index contributed by atoms with van der Waals surface area (Å²) >= 11 is 0. The zero-order valence-electron chi connectivity index (χ0n) is 11.9. The molecule has 2 N–H and O–H groups in total. The molecule has 1 aliphatic rings. The van der Waals surface area contributed by atoms with Gasteiger partial charge in [-0.15, -0.1) is 0 Å². The number of hydrogen-bond donors (Lipinski definition) is 2. The Hall–Kier alpha value is -1.56. The third kappa shape index (κ3) is 4.23. The zero-order valence-corrected chi connectivity index (χ0v) is 12.7. The number of benzene rings is 1. The predicted molar refractivity (Wildman–Crippen MR) is 81.6 cm³/mol. The smallest absolute Gasteiger partial charge is 0.191 e. The summed E-state index contributed by atoms with van der Waals surface area (Å²) in [5.41, 5.74) is 2.39. The van der Waals surface area contributed by atoms with E-state index in [0.717, 1.165) is 0 Å². The number of nitrogens with one attached hydrogen (secondary N) is 2. The van der Waals surface area contributed by atoms with Gasteiger partial charge < -0.3 is 10.6 Å². The van der Waals surface area contributed by atoms with Crippen LogP contribution in [0.15, 0.2) is 29.3 Å². The van der Waals surface area contributed by atoms with Crippen molar-refractivity contribution in [2.45, 2.75) is 25.9 Å². The highest BCUT2D eigenvalue weighted by Gasteiger charge is 2.28. The van der Waals surface area contributed by atoms with Gasteiger partial charge in [-0.3, -0.25) is 4.99 Å². The summed E-state index contributed by atoms with van der Waals surface area (Å²) in [4.78, 5) is 4.14. The van der Waals surface area contributed by atoms with E-state index < -0.39 is 9.84 Å². The number of aliphatic imine (C=N–C) groups is 1. The third-order valence-electron chi connectivity index (χ3n) is 3.34. The quantitative estimate of drug-likeness (QED) is 0.640. The molecule has 1 aromatic carbocycles. The standard InChI is InChI=1S/C14H21N3O2S/c1-11-4-3-5-12(8-11)9-16-14(15-2)17-13-6-7-20(18,19)10-13/h3-5,8,13H,6-7,9-10H2,1-2H3,(H2,15,16,17). The molecule has 0 bridgehead atoms. The van der Waals surface area contributed by atoms with Crippen LogP contribution in [0, 0.1) is 6.92 Å². The van der Waals surface area contributed by atoms with E-state index in [-0.39, 0.29) is 17.5 Å². The Kier molecular flexibility index (Phi) is 4.65. The molecular formula is C14H21N3O2S. The fourth-order valence-electron chi connectivity index (χ4n) is 2.30. The van der Waals surface area contributed by atoms with E-state index in [0.29, 0.717) is 18.9 Å². The van der Waals surface area contributed by atoms with Gasteiger partial charge in [0.1, 0.15) is 0 Å². The number of nitrogens with zero attached hydrogens (tertiary/aromatic N) is 1. The monoisotopic (exact) mass is 295 g/mol. The fourth-order valence-corrected chi connectivity index (χ4v) is 3.98. The molecule has 0 amide bonds. The van der Waals surface area contributed by atoms with Crippen molar-refractivity contribution in [3.63, 3.8) is 0 Å². The number of sulfone groups is 1. The minimum absolute atomic E-state index is 0.0382. The fraction of sp³-hybridized carbons (Fsp3) is 0.500. The van der Waals surface area contributed by atoms with Gasteiger partial charge in [-0.25, -0.2) is 8.42 Å². The molecule has 20 heavy (non-hydrogen) atoms. The highest BCUT2D eigenvalue weighted by atomic mass is 32.2. The zero-order chi connectivity index (χ0) is 14.6. The molecular weight excluding hydrogens is 274 g/mol. The molecule has 1 atom stereocenters. The highest BCUT2D eigenvalue weighted by Crippen LogP contribution is 2.11. The Morgan fingerprint density at radius 1 is 1.45 bits per heavy atom. The second-order valence-corrected chi connectivity index (χ2v) is 7.39. The molecule has 0 aliphatic carbocycles. The lowest BCUT2D eigenvalue weighted by Crippen LogP contribution is -2.43. The maximum absolute atomic E-state index is 11.4. The molecule has 6 heteroatoms. The molecule has 1 fully saturated rings. The lowest BCUT2D eigenvalue weighted by atomic mass is 10.1. The van der Waals surface area contributed by atoms with Gasteiger partial charge in [0.05, 0.1) is 11.5 Å². The molecule has 0 aromatic heterocycles. The Morgan fingerprint density at radius 2 is 2.25 bits per heavy atom. The van der Waals surface area contributed by atoms with Crippen molar-refractivity contribution in [1.82, 2.24) is 10.6 Å². The summed E-state index contributed by atoms with van der Waals surface area (Å²) < 4.78 is 22.9. The summed E-state index contributed by atoms with van der Waals surface area (Å²) in [6.07, 6.45) is 0.646. The molecule has 0 saturated carbocycles. The highest BCUT2D eigenvalue weighted by molar-refractivity contribution is 7.91. The van der Waals surface area contributed by atoms with Gasteiger partial charge in [0.25, 0.3) is 0 Å². The van der Waals surface area contributed by atoms with E-state index >= 15 is 0 Å². The minimum atomic E-state index is -2.87. The molecule has 1 unspecified atom stereocenters. The van der Waals surface area contributed by atoms with E-state index in [1.54, 1.807) is 7.05 Å². The first-order chi connectivity index (χ1) is 9.48. The second-order valence-electron chi connectivity index (χ2n) is 5.16. The van der Waals surface area contributed by atoms with E-state index in [1.807, 2.05) is 12.1 Å². The maximum Gasteiger partial charge on any atom is 0.191 e. The van der Waals surface area contributed by atoms with E-state index in [9.17, 15) is 8.42 Å². The summed E-state index contributed by atoms with van der Waals surface area (Å²) in [6.45, 7) is 2.72. The molecule has 1 aromatic rings. The predicted octanol–water partition coefficient (Wildman–Crippen LogP) is 0.847. The van der Waals surface area contributed by atoms with Gasteiger partial charge in [0, 0.05) is 19.6 Å². The Labute approximate surface area is 120 Å². The molecule has 1 heterocycles. The van der Waals surface area contributed by atoms with Crippen LogP contribution in [0.2, 0.25) is 0 Å². The van der Waals surface area contributed by atoms with Crippen molar-refractivity contribution >= 4 is 15.8 Å². The molecule has 5 nitrogen and oxygen atoms in total. The van der Waals surface area contributed by atoms with Gasteiger partial charge in [0.2, 0.25) is 0 Å². The van der Waals surface area contributed by atoms with Crippen molar-refractivity contribution in [2.75, 3.05) is 18.6 Å². The molecule has 110 valence electrons. The van der Waals surface area contributed by atoms with Crippen molar-refractivity contribution in [3.05, 3.63) is 35.4 Å². The number of guanidine groups is 1. The van der Waals surface area contributed by atoms with Crippen LogP contribution >= 0.6 is 0 Å². The second kappa shape index (κ2) is 6.26. The number of hydrogen-bond acceptors (Lipinski definition) is 3. The first kappa shape index (κ1) is 14.8. The van der Waals surface area contributed by atoms with Crippen molar-refractivity contribution in [2.24, 2.45) is 4.99 Å². The normalized spacial score (nSPS) is 21.7. The Balaban J connectivity index is 1.87. The first-order valence-electron chi connectivity index (χ1n) is 6.72. The first-order valence-corrected chi connectivity index (χ1v) is 8.54. The van der Waals surface area contributed by atoms with Crippen LogP contribution in [-0.2, 0) is 16.4 Å². The van der Waals surface area contributed by atoms with Crippen molar-refractivity contribution in [1.29, 1.82) is 0 Å². The summed E-state index contributed by atoms with van der Waals surface area (Å²) in [6, 6.07) is 8.20. The van der Waals surface area contributed by atoms with Crippen LogP contribution in [0.1, 0.15) is 17.5 Å². The van der Waals surface area contributed by atoms with Gasteiger partial charge in [0.15, 0.2) is 15.8 Å². The SMILES string of the molecule is CN=C(NCc1cccc(C)c1)NC1CCS(=O)(=O)C1. The summed E-state index contributed by atoms with van der Waals surface area (Å²) in [5.74, 6) is 1.10. The average Bonchev–Trinajstić information content (AvgIpc) is 2.74. The average molecular weight is 295 g/mol. The molecule has 1 aliphatic heterocycles. The van der Waals surface area contributed by atoms with Gasteiger partial charge >= 0.3 is 0 Å². The molecule has 2 rings (SSSR count). The molecule has 0 spiro atoms. The van der Waals surface area contributed by atoms with Crippen molar-refractivity contribution in [3.8, 4) is 0 Å². The van der Waals surface area contributed by atoms with E-state index in [4.69, 9.17) is 0 Å². The van der Waals surface area contributed by atoms with Crippen molar-refractivity contribution < 1.29 is 8.42 Å². The van der Waals surface area contributed by atoms with Crippen LogP contribution < -0.4 is 10.6 Å². The topological polar surface area (TPSA) is 70.6 Å². The number of rotatable bonds is 3. The van der Waals surface area contributed by atoms with Gasteiger partial charge in [-0.05, 0) is 18.9 Å². The lowest BCUT2D eigenvalue weighted by Gasteiger charge is -2.16. The lowest BCUT2D eigenvalue weighted by molar-refractivity contribution is 0.599. The molecule has 0 radical (unpaired) electrons. The molecule has 1 saturated heterocycles. The Morgan fingerprint density at radius 3 is 2.85 bits per heavy atom. The summed E-state index contributed by atoms with van der Waals surface area (Å²) in [7, 11) is -1.18. The van der Waals surface area contributed by atoms with Gasteiger partial charge in [-0.2, -0.15) is 0 Å². The number of aryl methyl sites for hydroxylation is 1.